The summed E-state index contributed by atoms with van der Waals surface area (Å²) >= 11 is 6.25. The van der Waals surface area contributed by atoms with Gasteiger partial charge < -0.3 is 34.5 Å². The molecule has 0 aromatic heterocycles. The van der Waals surface area contributed by atoms with Crippen LogP contribution in [0.15, 0.2) is 66.7 Å². The first-order valence-corrected chi connectivity index (χ1v) is 15.2. The largest absolute Gasteiger partial charge is 0.493 e. The lowest BCUT2D eigenvalue weighted by atomic mass is 9.72. The Labute approximate surface area is 263 Å². The van der Waals surface area contributed by atoms with Gasteiger partial charge in [0.25, 0.3) is 5.91 Å². The molecule has 3 aromatic carbocycles. The molecule has 2 amide bonds. The van der Waals surface area contributed by atoms with Gasteiger partial charge in [0.2, 0.25) is 11.7 Å². The Morgan fingerprint density at radius 3 is 2.09 bits per heavy atom. The zero-order chi connectivity index (χ0) is 31.3. The van der Waals surface area contributed by atoms with E-state index in [1.54, 1.807) is 12.1 Å². The maximum Gasteiger partial charge on any atom is 0.254 e. The van der Waals surface area contributed by atoms with E-state index in [0.717, 1.165) is 30.8 Å². The Hall–Kier alpha value is -3.79. The lowest BCUT2D eigenvalue weighted by Gasteiger charge is -2.45. The van der Waals surface area contributed by atoms with Crippen LogP contribution < -0.4 is 19.9 Å². The van der Waals surface area contributed by atoms with E-state index in [9.17, 15) is 9.59 Å². The topological polar surface area (TPSA) is 104 Å². The lowest BCUT2D eigenvalue weighted by molar-refractivity contribution is -0.126. The van der Waals surface area contributed by atoms with Gasteiger partial charge in [-0.05, 0) is 67.7 Å². The molecule has 2 fully saturated rings. The fourth-order valence-electron chi connectivity index (χ4n) is 6.50. The number of nitrogens with two attached hydrogens (primary N) is 1. The number of piperidine rings is 1. The number of amides is 2. The van der Waals surface area contributed by atoms with E-state index in [0.29, 0.717) is 66.8 Å². The number of carbonyl (C=O) groups is 2. The lowest BCUT2D eigenvalue weighted by Crippen LogP contribution is -2.54. The number of primary amides is 1. The summed E-state index contributed by atoms with van der Waals surface area (Å²) in [6.07, 6.45) is 1.93. The van der Waals surface area contributed by atoms with Crippen LogP contribution in [0, 0.1) is 0 Å². The van der Waals surface area contributed by atoms with Crippen LogP contribution in [0.5, 0.6) is 17.2 Å². The number of morpholine rings is 1. The van der Waals surface area contributed by atoms with Gasteiger partial charge in [-0.25, -0.2) is 0 Å². The molecule has 0 saturated carbocycles. The Kier molecular flexibility index (Phi) is 9.68. The molecule has 0 spiro atoms. The van der Waals surface area contributed by atoms with Crippen molar-refractivity contribution in [2.45, 2.75) is 30.3 Å². The van der Waals surface area contributed by atoms with Crippen molar-refractivity contribution >= 4 is 23.4 Å². The van der Waals surface area contributed by atoms with Gasteiger partial charge in [-0.3, -0.25) is 9.59 Å². The molecule has 0 aliphatic carbocycles. The molecular formula is C34H40ClN3O6. The number of carbonyl (C=O) groups excluding carboxylic acids is 2. The fourth-order valence-corrected chi connectivity index (χ4v) is 6.63. The smallest absolute Gasteiger partial charge is 0.254 e. The van der Waals surface area contributed by atoms with E-state index in [-0.39, 0.29) is 11.8 Å². The number of ether oxygens (including phenoxy) is 4. The van der Waals surface area contributed by atoms with Crippen LogP contribution in [0.2, 0.25) is 5.02 Å². The van der Waals surface area contributed by atoms with Crippen molar-refractivity contribution in [3.63, 3.8) is 0 Å². The first-order valence-electron chi connectivity index (χ1n) is 14.8. The van der Waals surface area contributed by atoms with Crippen molar-refractivity contribution < 1.29 is 28.5 Å². The summed E-state index contributed by atoms with van der Waals surface area (Å²) < 4.78 is 23.0. The van der Waals surface area contributed by atoms with Gasteiger partial charge in [-0.15, -0.1) is 0 Å². The summed E-state index contributed by atoms with van der Waals surface area (Å²) in [7, 11) is 4.59. The van der Waals surface area contributed by atoms with E-state index in [1.165, 1.54) is 21.3 Å². The minimum atomic E-state index is -0.753. The average Bonchev–Trinajstić information content (AvgIpc) is 3.07. The summed E-state index contributed by atoms with van der Waals surface area (Å²) in [5, 5.41) is 0.629. The van der Waals surface area contributed by atoms with Gasteiger partial charge in [0.05, 0.1) is 39.9 Å². The van der Waals surface area contributed by atoms with E-state index < -0.39 is 11.0 Å². The normalized spacial score (nSPS) is 20.1. The minimum Gasteiger partial charge on any atom is -0.493 e. The molecule has 0 bridgehead atoms. The number of rotatable bonds is 10. The molecule has 2 heterocycles. The van der Waals surface area contributed by atoms with Gasteiger partial charge in [0.1, 0.15) is 5.60 Å². The monoisotopic (exact) mass is 621 g/mol. The van der Waals surface area contributed by atoms with E-state index in [4.69, 9.17) is 36.3 Å². The SMILES string of the molecule is COc1cc(C(=O)N2CCOC(CCN3CCC(C(N)=O)(c4ccccc4)CC3)(c3ccc(Cl)cc3)C2)cc(OC)c1OC. The molecule has 2 saturated heterocycles. The van der Waals surface area contributed by atoms with E-state index in [1.807, 2.05) is 59.5 Å². The van der Waals surface area contributed by atoms with Crippen LogP contribution in [0.4, 0.5) is 0 Å². The molecule has 3 aromatic rings. The number of nitrogens with zero attached hydrogens (tertiary/aromatic N) is 2. The van der Waals surface area contributed by atoms with Crippen molar-refractivity contribution in [1.82, 2.24) is 9.80 Å². The van der Waals surface area contributed by atoms with Crippen molar-refractivity contribution in [2.24, 2.45) is 5.73 Å². The third-order valence-electron chi connectivity index (χ3n) is 9.09. The molecule has 2 aliphatic heterocycles. The Balaban J connectivity index is 1.36. The predicted octanol–water partition coefficient (Wildman–Crippen LogP) is 4.64. The molecule has 10 heteroatoms. The van der Waals surface area contributed by atoms with Crippen LogP contribution in [0.1, 0.15) is 40.7 Å². The van der Waals surface area contributed by atoms with Crippen molar-refractivity contribution in [1.29, 1.82) is 0 Å². The maximum atomic E-state index is 13.9. The third kappa shape index (κ3) is 6.22. The van der Waals surface area contributed by atoms with Gasteiger partial charge >= 0.3 is 0 Å². The second-order valence-electron chi connectivity index (χ2n) is 11.4. The fraction of sp³-hybridized carbons (Fsp3) is 0.412. The molecule has 1 unspecified atom stereocenters. The summed E-state index contributed by atoms with van der Waals surface area (Å²) in [6, 6.07) is 20.8. The minimum absolute atomic E-state index is 0.155. The molecule has 2 N–H and O–H groups in total. The van der Waals surface area contributed by atoms with Gasteiger partial charge in [0.15, 0.2) is 11.5 Å². The molecule has 5 rings (SSSR count). The number of hydrogen-bond donors (Lipinski definition) is 1. The van der Waals surface area contributed by atoms with Crippen LogP contribution >= 0.6 is 11.6 Å². The van der Waals surface area contributed by atoms with Crippen LogP contribution in [-0.4, -0.2) is 82.3 Å². The molecule has 2 aliphatic rings. The highest BCUT2D eigenvalue weighted by Gasteiger charge is 2.44. The average molecular weight is 622 g/mol. The highest BCUT2D eigenvalue weighted by Crippen LogP contribution is 2.41. The first kappa shape index (κ1) is 31.6. The van der Waals surface area contributed by atoms with Crippen molar-refractivity contribution in [3.05, 3.63) is 88.4 Å². The first-order chi connectivity index (χ1) is 21.2. The third-order valence-corrected chi connectivity index (χ3v) is 9.35. The summed E-state index contributed by atoms with van der Waals surface area (Å²) in [5.74, 6) is 0.828. The van der Waals surface area contributed by atoms with Gasteiger partial charge in [-0.2, -0.15) is 0 Å². The summed E-state index contributed by atoms with van der Waals surface area (Å²) in [6.45, 7) is 3.33. The number of halogens is 1. The quantitative estimate of drug-likeness (QED) is 0.352. The zero-order valence-corrected chi connectivity index (χ0v) is 26.3. The predicted molar refractivity (Wildman–Crippen MR) is 169 cm³/mol. The van der Waals surface area contributed by atoms with Crippen molar-refractivity contribution in [2.75, 3.05) is 60.7 Å². The number of hydrogen-bond acceptors (Lipinski definition) is 7. The summed E-state index contributed by atoms with van der Waals surface area (Å²) in [5.41, 5.74) is 6.92. The van der Waals surface area contributed by atoms with Gasteiger partial charge in [0, 0.05) is 23.7 Å². The van der Waals surface area contributed by atoms with Crippen LogP contribution in [-0.2, 0) is 20.5 Å². The maximum absolute atomic E-state index is 13.9. The van der Waals surface area contributed by atoms with Crippen LogP contribution in [0.3, 0.4) is 0 Å². The number of benzene rings is 3. The second-order valence-corrected chi connectivity index (χ2v) is 11.8. The molecule has 44 heavy (non-hydrogen) atoms. The zero-order valence-electron chi connectivity index (χ0n) is 25.5. The Morgan fingerprint density at radius 1 is 0.886 bits per heavy atom. The van der Waals surface area contributed by atoms with Crippen molar-refractivity contribution in [3.8, 4) is 17.2 Å². The Bertz CT molecular complexity index is 1430. The Morgan fingerprint density at radius 2 is 1.52 bits per heavy atom. The second kappa shape index (κ2) is 13.5. The molecular weight excluding hydrogens is 582 g/mol. The van der Waals surface area contributed by atoms with E-state index >= 15 is 0 Å². The molecule has 9 nitrogen and oxygen atoms in total. The molecule has 0 radical (unpaired) electrons. The highest BCUT2D eigenvalue weighted by molar-refractivity contribution is 6.30. The highest BCUT2D eigenvalue weighted by atomic mass is 35.5. The summed E-state index contributed by atoms with van der Waals surface area (Å²) in [4.78, 5) is 30.8. The standard InChI is InChI=1S/C34H40ClN3O6/c1-41-28-21-24(22-29(42-2)30(28)43-3)31(39)38-19-20-44-34(23-38,26-9-11-27(35)12-10-26)15-18-37-16-13-33(14-17-37,32(36)40)25-7-5-4-6-8-25/h4-12,21-22H,13-20,23H2,1-3H3,(H2,36,40). The molecule has 1 atom stereocenters. The van der Waals surface area contributed by atoms with E-state index in [2.05, 4.69) is 4.90 Å². The number of likely N-dealkylation sites (tertiary alicyclic amines) is 1. The number of methoxy groups -OCH3 is 3. The van der Waals surface area contributed by atoms with Gasteiger partial charge in [-0.1, -0.05) is 54.1 Å². The molecule has 234 valence electrons. The van der Waals surface area contributed by atoms with Crippen LogP contribution in [0.25, 0.3) is 0 Å².